The van der Waals surface area contributed by atoms with Gasteiger partial charge in [-0.1, -0.05) is 30.7 Å². The maximum atomic E-state index is 11.8. The van der Waals surface area contributed by atoms with Crippen LogP contribution in [0.25, 0.3) is 0 Å². The van der Waals surface area contributed by atoms with E-state index in [1.807, 2.05) is 36.1 Å². The van der Waals surface area contributed by atoms with E-state index in [0.29, 0.717) is 30.6 Å². The first-order valence-corrected chi connectivity index (χ1v) is 6.49. The Hall–Kier alpha value is -1.26. The Morgan fingerprint density at radius 3 is 2.78 bits per heavy atom. The molecule has 98 valence electrons. The molecule has 0 spiro atoms. The molecule has 1 fully saturated rings. The molecule has 2 atom stereocenters. The van der Waals surface area contributed by atoms with Crippen LogP contribution in [0.2, 0.25) is 5.02 Å². The van der Waals surface area contributed by atoms with Gasteiger partial charge in [0.25, 0.3) is 0 Å². The number of nitrogens with one attached hydrogen (secondary N) is 1. The summed E-state index contributed by atoms with van der Waals surface area (Å²) in [4.78, 5) is 13.6. The molecule has 0 saturated carbocycles. The predicted octanol–water partition coefficient (Wildman–Crippen LogP) is 2.00. The normalized spacial score (nSPS) is 20.9. The van der Waals surface area contributed by atoms with Crippen molar-refractivity contribution in [3.8, 4) is 0 Å². The zero-order valence-corrected chi connectivity index (χ0v) is 11.2. The zero-order chi connectivity index (χ0) is 13.1. The minimum Gasteiger partial charge on any atom is -0.330 e. The quantitative estimate of drug-likeness (QED) is 0.877. The highest BCUT2D eigenvalue weighted by atomic mass is 35.5. The molecule has 0 radical (unpaired) electrons. The monoisotopic (exact) mass is 267 g/mol. The molecule has 3 N–H and O–H groups in total. The first-order chi connectivity index (χ1) is 8.60. The van der Waals surface area contributed by atoms with Crippen LogP contribution in [0.4, 0.5) is 4.79 Å². The molecule has 1 heterocycles. The van der Waals surface area contributed by atoms with Crippen molar-refractivity contribution >= 4 is 17.6 Å². The SMILES string of the molecule is CC(CN)CN1CC(c2ccc(Cl)cc2)NC1=O. The topological polar surface area (TPSA) is 58.4 Å². The molecular formula is C13H18ClN3O. The maximum Gasteiger partial charge on any atom is 0.318 e. The number of halogens is 1. The first-order valence-electron chi connectivity index (χ1n) is 6.11. The lowest BCUT2D eigenvalue weighted by atomic mass is 10.1. The van der Waals surface area contributed by atoms with Crippen LogP contribution in [0.15, 0.2) is 24.3 Å². The summed E-state index contributed by atoms with van der Waals surface area (Å²) < 4.78 is 0. The molecule has 2 rings (SSSR count). The van der Waals surface area contributed by atoms with Crippen LogP contribution >= 0.6 is 11.6 Å². The Labute approximate surface area is 112 Å². The van der Waals surface area contributed by atoms with E-state index in [0.717, 1.165) is 5.56 Å². The van der Waals surface area contributed by atoms with Gasteiger partial charge in [-0.3, -0.25) is 0 Å². The molecule has 2 unspecified atom stereocenters. The second-order valence-corrected chi connectivity index (χ2v) is 5.24. The Kier molecular flexibility index (Phi) is 4.09. The van der Waals surface area contributed by atoms with Crippen molar-refractivity contribution in [2.45, 2.75) is 13.0 Å². The second kappa shape index (κ2) is 5.59. The number of benzene rings is 1. The molecule has 4 nitrogen and oxygen atoms in total. The van der Waals surface area contributed by atoms with E-state index in [4.69, 9.17) is 17.3 Å². The standard InChI is InChI=1S/C13H18ClN3O/c1-9(6-15)7-17-8-12(16-13(17)18)10-2-4-11(14)5-3-10/h2-5,9,12H,6-8,15H2,1H3,(H,16,18). The molecule has 5 heteroatoms. The predicted molar refractivity (Wildman–Crippen MR) is 72.5 cm³/mol. The van der Waals surface area contributed by atoms with E-state index in [1.165, 1.54) is 0 Å². The molecule has 0 aromatic heterocycles. The third-order valence-electron chi connectivity index (χ3n) is 3.19. The summed E-state index contributed by atoms with van der Waals surface area (Å²) >= 11 is 5.85. The Morgan fingerprint density at radius 1 is 1.50 bits per heavy atom. The summed E-state index contributed by atoms with van der Waals surface area (Å²) in [7, 11) is 0. The minimum absolute atomic E-state index is 0.0183. The Morgan fingerprint density at radius 2 is 2.17 bits per heavy atom. The molecule has 1 aliphatic rings. The van der Waals surface area contributed by atoms with Crippen molar-refractivity contribution in [1.82, 2.24) is 10.2 Å². The van der Waals surface area contributed by atoms with E-state index in [-0.39, 0.29) is 12.1 Å². The number of urea groups is 1. The van der Waals surface area contributed by atoms with Crippen LogP contribution in [-0.2, 0) is 0 Å². The fourth-order valence-corrected chi connectivity index (χ4v) is 2.21. The van der Waals surface area contributed by atoms with Gasteiger partial charge in [0.2, 0.25) is 0 Å². The molecule has 1 aliphatic heterocycles. The number of amides is 2. The third kappa shape index (κ3) is 2.94. The molecule has 1 aromatic carbocycles. The highest BCUT2D eigenvalue weighted by Crippen LogP contribution is 2.22. The van der Waals surface area contributed by atoms with Gasteiger partial charge in [0, 0.05) is 18.1 Å². The molecule has 1 aromatic rings. The van der Waals surface area contributed by atoms with Crippen LogP contribution in [0.3, 0.4) is 0 Å². The van der Waals surface area contributed by atoms with E-state index in [9.17, 15) is 4.79 Å². The van der Waals surface area contributed by atoms with E-state index >= 15 is 0 Å². The van der Waals surface area contributed by atoms with Gasteiger partial charge in [-0.2, -0.15) is 0 Å². The largest absolute Gasteiger partial charge is 0.330 e. The van der Waals surface area contributed by atoms with Gasteiger partial charge in [0.1, 0.15) is 0 Å². The minimum atomic E-state index is -0.0183. The molecule has 0 aliphatic carbocycles. The van der Waals surface area contributed by atoms with Gasteiger partial charge in [-0.25, -0.2) is 4.79 Å². The van der Waals surface area contributed by atoms with E-state index in [1.54, 1.807) is 0 Å². The van der Waals surface area contributed by atoms with Gasteiger partial charge < -0.3 is 16.0 Å². The third-order valence-corrected chi connectivity index (χ3v) is 3.45. The van der Waals surface area contributed by atoms with Crippen LogP contribution in [0.1, 0.15) is 18.5 Å². The van der Waals surface area contributed by atoms with Crippen LogP contribution in [-0.4, -0.2) is 30.6 Å². The van der Waals surface area contributed by atoms with Gasteiger partial charge in [-0.15, -0.1) is 0 Å². The summed E-state index contributed by atoms with van der Waals surface area (Å²) in [5.41, 5.74) is 6.66. The average Bonchev–Trinajstić information content (AvgIpc) is 2.71. The lowest BCUT2D eigenvalue weighted by molar-refractivity contribution is 0.211. The highest BCUT2D eigenvalue weighted by Gasteiger charge is 2.30. The smallest absolute Gasteiger partial charge is 0.318 e. The lowest BCUT2D eigenvalue weighted by Crippen LogP contribution is -2.34. The molecule has 2 amide bonds. The van der Waals surface area contributed by atoms with Gasteiger partial charge in [0.15, 0.2) is 0 Å². The van der Waals surface area contributed by atoms with Crippen LogP contribution in [0, 0.1) is 5.92 Å². The molecule has 1 saturated heterocycles. The summed E-state index contributed by atoms with van der Waals surface area (Å²) in [6, 6.07) is 7.60. The van der Waals surface area contributed by atoms with Crippen molar-refractivity contribution in [2.75, 3.05) is 19.6 Å². The van der Waals surface area contributed by atoms with E-state index < -0.39 is 0 Å². The van der Waals surface area contributed by atoms with Gasteiger partial charge in [0.05, 0.1) is 6.04 Å². The number of hydrogen-bond donors (Lipinski definition) is 2. The average molecular weight is 268 g/mol. The number of carbonyl (C=O) groups is 1. The Bertz CT molecular complexity index is 421. The fraction of sp³-hybridized carbons (Fsp3) is 0.462. The maximum absolute atomic E-state index is 11.8. The second-order valence-electron chi connectivity index (χ2n) is 4.80. The summed E-state index contributed by atoms with van der Waals surface area (Å²) in [5.74, 6) is 0.319. The molecule has 0 bridgehead atoms. The lowest BCUT2D eigenvalue weighted by Gasteiger charge is -2.18. The van der Waals surface area contributed by atoms with Gasteiger partial charge >= 0.3 is 6.03 Å². The number of carbonyl (C=O) groups excluding carboxylic acids is 1. The van der Waals surface area contributed by atoms with Crippen LogP contribution < -0.4 is 11.1 Å². The number of nitrogens with zero attached hydrogens (tertiary/aromatic N) is 1. The van der Waals surface area contributed by atoms with Crippen molar-refractivity contribution < 1.29 is 4.79 Å². The zero-order valence-electron chi connectivity index (χ0n) is 10.4. The summed E-state index contributed by atoms with van der Waals surface area (Å²) in [5, 5.41) is 3.68. The van der Waals surface area contributed by atoms with Crippen molar-refractivity contribution in [1.29, 1.82) is 0 Å². The molecule has 18 heavy (non-hydrogen) atoms. The number of nitrogens with two attached hydrogens (primary N) is 1. The van der Waals surface area contributed by atoms with Crippen molar-refractivity contribution in [2.24, 2.45) is 11.7 Å². The van der Waals surface area contributed by atoms with Crippen LogP contribution in [0.5, 0.6) is 0 Å². The van der Waals surface area contributed by atoms with Gasteiger partial charge in [-0.05, 0) is 30.2 Å². The first kappa shape index (κ1) is 13.2. The Balaban J connectivity index is 2.02. The fourth-order valence-electron chi connectivity index (χ4n) is 2.08. The van der Waals surface area contributed by atoms with Crippen molar-refractivity contribution in [3.05, 3.63) is 34.9 Å². The van der Waals surface area contributed by atoms with Crippen molar-refractivity contribution in [3.63, 3.8) is 0 Å². The molecular weight excluding hydrogens is 250 g/mol. The highest BCUT2D eigenvalue weighted by molar-refractivity contribution is 6.30. The number of rotatable bonds is 4. The summed E-state index contributed by atoms with van der Waals surface area (Å²) in [6.07, 6.45) is 0. The van der Waals surface area contributed by atoms with E-state index in [2.05, 4.69) is 5.32 Å². The summed E-state index contributed by atoms with van der Waals surface area (Å²) in [6.45, 7) is 4.02. The number of hydrogen-bond acceptors (Lipinski definition) is 2.